The topological polar surface area (TPSA) is 38.3 Å². The van der Waals surface area contributed by atoms with Gasteiger partial charge in [0.25, 0.3) is 5.91 Å². The van der Waals surface area contributed by atoms with E-state index in [1.807, 2.05) is 55.5 Å². The van der Waals surface area contributed by atoms with Crippen LogP contribution >= 0.6 is 0 Å². The number of benzene rings is 2. The third-order valence-electron chi connectivity index (χ3n) is 3.62. The van der Waals surface area contributed by atoms with E-state index >= 15 is 0 Å². The van der Waals surface area contributed by atoms with Gasteiger partial charge in [-0.25, -0.2) is 0 Å². The Morgan fingerprint density at radius 2 is 1.64 bits per heavy atom. The molecule has 0 spiro atoms. The summed E-state index contributed by atoms with van der Waals surface area (Å²) in [5.41, 5.74) is 2.96. The molecule has 0 radical (unpaired) electrons. The first-order valence-electron chi connectivity index (χ1n) is 7.61. The van der Waals surface area contributed by atoms with E-state index in [2.05, 4.69) is 19.2 Å². The van der Waals surface area contributed by atoms with E-state index in [1.54, 1.807) is 6.92 Å². The van der Waals surface area contributed by atoms with Gasteiger partial charge in [0.2, 0.25) is 0 Å². The fraction of sp³-hybridized carbons (Fsp3) is 0.316. The molecule has 1 amide bonds. The van der Waals surface area contributed by atoms with E-state index in [-0.39, 0.29) is 5.91 Å². The van der Waals surface area contributed by atoms with Crippen LogP contribution < -0.4 is 10.1 Å². The third kappa shape index (κ3) is 3.88. The van der Waals surface area contributed by atoms with E-state index in [9.17, 15) is 4.79 Å². The molecule has 0 heterocycles. The SMILES string of the molecule is Cc1ccccc1NC(=O)C(C)Oc1ccccc1C(C)C. The highest BCUT2D eigenvalue weighted by atomic mass is 16.5. The molecule has 2 aromatic rings. The van der Waals surface area contributed by atoms with Crippen molar-refractivity contribution in [3.8, 4) is 5.75 Å². The number of carbonyl (C=O) groups is 1. The maximum Gasteiger partial charge on any atom is 0.265 e. The zero-order valence-electron chi connectivity index (χ0n) is 13.6. The van der Waals surface area contributed by atoms with Crippen LogP contribution in [-0.2, 0) is 4.79 Å². The standard InChI is InChI=1S/C19H23NO2/c1-13(2)16-10-6-8-12-18(16)22-15(4)19(21)20-17-11-7-5-9-14(17)3/h5-13,15H,1-4H3,(H,20,21). The molecule has 3 nitrogen and oxygen atoms in total. The average molecular weight is 297 g/mol. The second-order valence-electron chi connectivity index (χ2n) is 5.76. The lowest BCUT2D eigenvalue weighted by atomic mass is 10.0. The van der Waals surface area contributed by atoms with Gasteiger partial charge in [-0.1, -0.05) is 50.2 Å². The highest BCUT2D eigenvalue weighted by Gasteiger charge is 2.17. The van der Waals surface area contributed by atoms with E-state index in [4.69, 9.17) is 4.74 Å². The molecule has 1 N–H and O–H groups in total. The molecule has 0 aromatic heterocycles. The number of hydrogen-bond acceptors (Lipinski definition) is 2. The largest absolute Gasteiger partial charge is 0.481 e. The van der Waals surface area contributed by atoms with Crippen molar-refractivity contribution >= 4 is 11.6 Å². The maximum absolute atomic E-state index is 12.3. The summed E-state index contributed by atoms with van der Waals surface area (Å²) in [6.45, 7) is 7.96. The number of hydrogen-bond donors (Lipinski definition) is 1. The molecule has 0 bridgehead atoms. The number of rotatable bonds is 5. The second kappa shape index (κ2) is 7.12. The fourth-order valence-electron chi connectivity index (χ4n) is 2.26. The quantitative estimate of drug-likeness (QED) is 0.881. The molecular weight excluding hydrogens is 274 g/mol. The van der Waals surface area contributed by atoms with E-state index in [1.165, 1.54) is 0 Å². The van der Waals surface area contributed by atoms with Crippen LogP contribution in [0.5, 0.6) is 5.75 Å². The van der Waals surface area contributed by atoms with Crippen LogP contribution in [0.25, 0.3) is 0 Å². The van der Waals surface area contributed by atoms with Crippen molar-refractivity contribution in [1.82, 2.24) is 0 Å². The van der Waals surface area contributed by atoms with Gasteiger partial charge in [-0.3, -0.25) is 4.79 Å². The minimum Gasteiger partial charge on any atom is -0.481 e. The van der Waals surface area contributed by atoms with Crippen LogP contribution in [0.15, 0.2) is 48.5 Å². The number of carbonyl (C=O) groups excluding carboxylic acids is 1. The van der Waals surface area contributed by atoms with Crippen LogP contribution in [0, 0.1) is 6.92 Å². The Kier molecular flexibility index (Phi) is 5.21. The Morgan fingerprint density at radius 1 is 1.00 bits per heavy atom. The van der Waals surface area contributed by atoms with Gasteiger partial charge in [0.15, 0.2) is 6.10 Å². The zero-order chi connectivity index (χ0) is 16.1. The van der Waals surface area contributed by atoms with Crippen LogP contribution in [0.2, 0.25) is 0 Å². The Hall–Kier alpha value is -2.29. The zero-order valence-corrected chi connectivity index (χ0v) is 13.6. The van der Waals surface area contributed by atoms with Crippen molar-refractivity contribution in [2.45, 2.75) is 39.7 Å². The monoisotopic (exact) mass is 297 g/mol. The highest BCUT2D eigenvalue weighted by molar-refractivity contribution is 5.94. The first kappa shape index (κ1) is 16.1. The summed E-state index contributed by atoms with van der Waals surface area (Å²) in [4.78, 5) is 12.3. The van der Waals surface area contributed by atoms with E-state index in [0.717, 1.165) is 22.6 Å². The summed E-state index contributed by atoms with van der Waals surface area (Å²) >= 11 is 0. The lowest BCUT2D eigenvalue weighted by molar-refractivity contribution is -0.122. The van der Waals surface area contributed by atoms with Crippen molar-refractivity contribution in [2.75, 3.05) is 5.32 Å². The van der Waals surface area contributed by atoms with Crippen LogP contribution in [-0.4, -0.2) is 12.0 Å². The number of amides is 1. The molecule has 1 atom stereocenters. The predicted molar refractivity (Wildman–Crippen MR) is 90.4 cm³/mol. The molecule has 2 rings (SSSR count). The van der Waals surface area contributed by atoms with Gasteiger partial charge in [-0.2, -0.15) is 0 Å². The summed E-state index contributed by atoms with van der Waals surface area (Å²) in [5.74, 6) is 0.973. The molecule has 0 saturated carbocycles. The smallest absolute Gasteiger partial charge is 0.265 e. The van der Waals surface area contributed by atoms with E-state index in [0.29, 0.717) is 5.92 Å². The number of aryl methyl sites for hydroxylation is 1. The normalized spacial score (nSPS) is 12.0. The number of para-hydroxylation sites is 2. The highest BCUT2D eigenvalue weighted by Crippen LogP contribution is 2.27. The van der Waals surface area contributed by atoms with Gasteiger partial charge >= 0.3 is 0 Å². The summed E-state index contributed by atoms with van der Waals surface area (Å²) in [6.07, 6.45) is -0.556. The minimum atomic E-state index is -0.556. The van der Waals surface area contributed by atoms with Gasteiger partial charge in [0.05, 0.1) is 0 Å². The summed E-state index contributed by atoms with van der Waals surface area (Å²) < 4.78 is 5.87. The first-order chi connectivity index (χ1) is 10.5. The Bertz CT molecular complexity index is 649. The Morgan fingerprint density at radius 3 is 2.32 bits per heavy atom. The maximum atomic E-state index is 12.3. The number of nitrogens with one attached hydrogen (secondary N) is 1. The van der Waals surface area contributed by atoms with Crippen molar-refractivity contribution in [3.63, 3.8) is 0 Å². The van der Waals surface area contributed by atoms with Gasteiger partial charge in [0, 0.05) is 5.69 Å². The summed E-state index contributed by atoms with van der Waals surface area (Å²) in [5, 5.41) is 2.91. The van der Waals surface area contributed by atoms with Crippen molar-refractivity contribution < 1.29 is 9.53 Å². The molecule has 0 aliphatic rings. The number of ether oxygens (including phenoxy) is 1. The van der Waals surface area contributed by atoms with Gasteiger partial charge in [0.1, 0.15) is 5.75 Å². The molecule has 1 unspecified atom stereocenters. The van der Waals surface area contributed by atoms with Crippen LogP contribution in [0.4, 0.5) is 5.69 Å². The van der Waals surface area contributed by atoms with Gasteiger partial charge < -0.3 is 10.1 Å². The molecule has 3 heteroatoms. The van der Waals surface area contributed by atoms with Crippen molar-refractivity contribution in [1.29, 1.82) is 0 Å². The summed E-state index contributed by atoms with van der Waals surface area (Å²) in [7, 11) is 0. The summed E-state index contributed by atoms with van der Waals surface area (Å²) in [6, 6.07) is 15.6. The Balaban J connectivity index is 2.08. The molecule has 0 aliphatic heterocycles. The molecule has 116 valence electrons. The average Bonchev–Trinajstić information content (AvgIpc) is 2.49. The Labute approximate surface area is 132 Å². The van der Waals surface area contributed by atoms with Gasteiger partial charge in [-0.15, -0.1) is 0 Å². The molecular formula is C19H23NO2. The first-order valence-corrected chi connectivity index (χ1v) is 7.61. The predicted octanol–water partition coefficient (Wildman–Crippen LogP) is 4.52. The van der Waals surface area contributed by atoms with Crippen LogP contribution in [0.1, 0.15) is 37.8 Å². The van der Waals surface area contributed by atoms with Crippen molar-refractivity contribution in [2.24, 2.45) is 0 Å². The lowest BCUT2D eigenvalue weighted by Gasteiger charge is -2.19. The van der Waals surface area contributed by atoms with Gasteiger partial charge in [-0.05, 0) is 43.0 Å². The molecule has 22 heavy (non-hydrogen) atoms. The number of anilines is 1. The third-order valence-corrected chi connectivity index (χ3v) is 3.62. The van der Waals surface area contributed by atoms with E-state index < -0.39 is 6.10 Å². The molecule has 2 aromatic carbocycles. The second-order valence-corrected chi connectivity index (χ2v) is 5.76. The van der Waals surface area contributed by atoms with Crippen molar-refractivity contribution in [3.05, 3.63) is 59.7 Å². The lowest BCUT2D eigenvalue weighted by Crippen LogP contribution is -2.30. The fourth-order valence-corrected chi connectivity index (χ4v) is 2.26. The van der Waals surface area contributed by atoms with Crippen LogP contribution in [0.3, 0.4) is 0 Å². The molecule has 0 saturated heterocycles. The minimum absolute atomic E-state index is 0.146. The molecule has 0 fully saturated rings. The molecule has 0 aliphatic carbocycles.